The van der Waals surface area contributed by atoms with Crippen LogP contribution in [0.4, 0.5) is 0 Å². The minimum atomic E-state index is 0.356. The minimum Gasteiger partial charge on any atom is -0.298 e. The number of rotatable bonds is 4. The fourth-order valence-corrected chi connectivity index (χ4v) is 2.03. The van der Waals surface area contributed by atoms with Gasteiger partial charge in [-0.1, -0.05) is 31.0 Å². The van der Waals surface area contributed by atoms with Crippen LogP contribution in [0.3, 0.4) is 0 Å². The van der Waals surface area contributed by atoms with E-state index in [9.17, 15) is 0 Å². The molecule has 0 heterocycles. The SMILES string of the molecule is N#Cc1ccccc1CNOC1CCCC1. The lowest BCUT2D eigenvalue weighted by atomic mass is 10.1. The first-order valence-corrected chi connectivity index (χ1v) is 5.76. The molecule has 0 bridgehead atoms. The van der Waals surface area contributed by atoms with Gasteiger partial charge in [-0.15, -0.1) is 0 Å². The number of hydrogen-bond acceptors (Lipinski definition) is 3. The summed E-state index contributed by atoms with van der Waals surface area (Å²) in [5, 5.41) is 8.91. The molecule has 1 aromatic rings. The summed E-state index contributed by atoms with van der Waals surface area (Å²) in [6.45, 7) is 0.597. The summed E-state index contributed by atoms with van der Waals surface area (Å²) >= 11 is 0. The van der Waals surface area contributed by atoms with Crippen molar-refractivity contribution in [2.45, 2.75) is 38.3 Å². The van der Waals surface area contributed by atoms with Crippen LogP contribution in [0.1, 0.15) is 36.8 Å². The van der Waals surface area contributed by atoms with Gasteiger partial charge >= 0.3 is 0 Å². The number of benzene rings is 1. The molecule has 0 saturated heterocycles. The molecular weight excluding hydrogens is 200 g/mol. The molecule has 16 heavy (non-hydrogen) atoms. The van der Waals surface area contributed by atoms with Crippen molar-refractivity contribution in [3.8, 4) is 6.07 Å². The summed E-state index contributed by atoms with van der Waals surface area (Å²) in [7, 11) is 0. The summed E-state index contributed by atoms with van der Waals surface area (Å²) in [5.41, 5.74) is 4.67. The topological polar surface area (TPSA) is 45.0 Å². The molecule has 1 N–H and O–H groups in total. The highest BCUT2D eigenvalue weighted by Crippen LogP contribution is 2.20. The van der Waals surface area contributed by atoms with Gasteiger partial charge in [0.2, 0.25) is 0 Å². The van der Waals surface area contributed by atoms with E-state index in [-0.39, 0.29) is 0 Å². The monoisotopic (exact) mass is 216 g/mol. The number of nitriles is 1. The highest BCUT2D eigenvalue weighted by molar-refractivity contribution is 5.36. The van der Waals surface area contributed by atoms with E-state index >= 15 is 0 Å². The number of hydrogen-bond donors (Lipinski definition) is 1. The van der Waals surface area contributed by atoms with Crippen LogP contribution in [0.25, 0.3) is 0 Å². The predicted octanol–water partition coefficient (Wildman–Crippen LogP) is 2.52. The average Bonchev–Trinajstić information content (AvgIpc) is 2.83. The predicted molar refractivity (Wildman–Crippen MR) is 61.3 cm³/mol. The summed E-state index contributed by atoms with van der Waals surface area (Å²) in [6.07, 6.45) is 5.18. The van der Waals surface area contributed by atoms with E-state index < -0.39 is 0 Å². The van der Waals surface area contributed by atoms with Crippen molar-refractivity contribution < 1.29 is 4.84 Å². The first-order chi connectivity index (χ1) is 7.90. The van der Waals surface area contributed by atoms with E-state index in [1.807, 2.05) is 24.3 Å². The molecule has 1 aromatic carbocycles. The fourth-order valence-electron chi connectivity index (χ4n) is 2.03. The molecule has 0 spiro atoms. The Hall–Kier alpha value is -1.37. The van der Waals surface area contributed by atoms with Gasteiger partial charge < -0.3 is 0 Å². The molecular formula is C13H16N2O. The van der Waals surface area contributed by atoms with Crippen molar-refractivity contribution in [2.24, 2.45) is 0 Å². The maximum atomic E-state index is 8.91. The van der Waals surface area contributed by atoms with Crippen molar-refractivity contribution in [2.75, 3.05) is 0 Å². The second kappa shape index (κ2) is 5.64. The second-order valence-corrected chi connectivity index (χ2v) is 4.11. The molecule has 1 saturated carbocycles. The summed E-state index contributed by atoms with van der Waals surface area (Å²) in [6, 6.07) is 9.77. The van der Waals surface area contributed by atoms with E-state index in [2.05, 4.69) is 11.5 Å². The first-order valence-electron chi connectivity index (χ1n) is 5.76. The van der Waals surface area contributed by atoms with Gasteiger partial charge in [0.25, 0.3) is 0 Å². The number of hydroxylamine groups is 1. The van der Waals surface area contributed by atoms with Crippen molar-refractivity contribution in [1.29, 1.82) is 5.26 Å². The molecule has 0 amide bonds. The zero-order valence-corrected chi connectivity index (χ0v) is 9.28. The van der Waals surface area contributed by atoms with Crippen molar-refractivity contribution in [3.63, 3.8) is 0 Å². The smallest absolute Gasteiger partial charge is 0.0995 e. The maximum Gasteiger partial charge on any atom is 0.0995 e. The van der Waals surface area contributed by atoms with E-state index in [1.165, 1.54) is 12.8 Å². The normalized spacial score (nSPS) is 16.2. The lowest BCUT2D eigenvalue weighted by Gasteiger charge is -2.12. The van der Waals surface area contributed by atoms with Crippen LogP contribution in [-0.4, -0.2) is 6.10 Å². The molecule has 2 rings (SSSR count). The highest BCUT2D eigenvalue weighted by atomic mass is 16.7. The van der Waals surface area contributed by atoms with Crippen LogP contribution in [0.5, 0.6) is 0 Å². The van der Waals surface area contributed by atoms with Gasteiger partial charge in [0.1, 0.15) is 0 Å². The third-order valence-corrected chi connectivity index (χ3v) is 2.95. The Morgan fingerprint density at radius 2 is 2.06 bits per heavy atom. The molecule has 1 fully saturated rings. The van der Waals surface area contributed by atoms with E-state index in [4.69, 9.17) is 10.1 Å². The van der Waals surface area contributed by atoms with Crippen LogP contribution < -0.4 is 5.48 Å². The lowest BCUT2D eigenvalue weighted by Crippen LogP contribution is -2.21. The first kappa shape index (κ1) is 11.1. The molecule has 3 heteroatoms. The second-order valence-electron chi connectivity index (χ2n) is 4.11. The molecule has 1 aliphatic rings. The van der Waals surface area contributed by atoms with Crippen molar-refractivity contribution in [3.05, 3.63) is 35.4 Å². The third kappa shape index (κ3) is 2.82. The zero-order valence-electron chi connectivity index (χ0n) is 9.28. The molecule has 84 valence electrons. The molecule has 0 aromatic heterocycles. The van der Waals surface area contributed by atoms with Crippen LogP contribution >= 0.6 is 0 Å². The van der Waals surface area contributed by atoms with Gasteiger partial charge in [0.15, 0.2) is 0 Å². The fraction of sp³-hybridized carbons (Fsp3) is 0.462. The number of nitrogens with one attached hydrogen (secondary N) is 1. The van der Waals surface area contributed by atoms with Crippen molar-refractivity contribution >= 4 is 0 Å². The highest BCUT2D eigenvalue weighted by Gasteiger charge is 2.15. The van der Waals surface area contributed by atoms with Crippen LogP contribution in [-0.2, 0) is 11.4 Å². The molecule has 1 aliphatic carbocycles. The maximum absolute atomic E-state index is 8.91. The van der Waals surface area contributed by atoms with Gasteiger partial charge in [-0.3, -0.25) is 4.84 Å². The van der Waals surface area contributed by atoms with E-state index in [1.54, 1.807) is 0 Å². The van der Waals surface area contributed by atoms with Crippen molar-refractivity contribution in [1.82, 2.24) is 5.48 Å². The molecule has 0 aliphatic heterocycles. The molecule has 0 radical (unpaired) electrons. The Bertz CT molecular complexity index is 378. The molecule has 3 nitrogen and oxygen atoms in total. The van der Waals surface area contributed by atoms with E-state index in [0.29, 0.717) is 18.2 Å². The number of nitrogens with zero attached hydrogens (tertiary/aromatic N) is 1. The van der Waals surface area contributed by atoms with Gasteiger partial charge in [0.05, 0.1) is 17.7 Å². The minimum absolute atomic E-state index is 0.356. The largest absolute Gasteiger partial charge is 0.298 e. The quantitative estimate of drug-likeness (QED) is 0.786. The Morgan fingerprint density at radius 3 is 2.81 bits per heavy atom. The molecule has 0 unspecified atom stereocenters. The summed E-state index contributed by atoms with van der Waals surface area (Å²) in [4.78, 5) is 5.55. The van der Waals surface area contributed by atoms with Gasteiger partial charge in [-0.25, -0.2) is 0 Å². The van der Waals surface area contributed by atoms with Crippen LogP contribution in [0.2, 0.25) is 0 Å². The summed E-state index contributed by atoms with van der Waals surface area (Å²) < 4.78 is 0. The molecule has 0 atom stereocenters. The summed E-state index contributed by atoms with van der Waals surface area (Å²) in [5.74, 6) is 0. The van der Waals surface area contributed by atoms with Crippen LogP contribution in [0, 0.1) is 11.3 Å². The van der Waals surface area contributed by atoms with Gasteiger partial charge in [-0.2, -0.15) is 10.7 Å². The van der Waals surface area contributed by atoms with Gasteiger partial charge in [0, 0.05) is 6.54 Å². The Labute approximate surface area is 96.0 Å². The standard InChI is InChI=1S/C13H16N2O/c14-9-11-5-1-2-6-12(11)10-15-16-13-7-3-4-8-13/h1-2,5-6,13,15H,3-4,7-8,10H2. The lowest BCUT2D eigenvalue weighted by molar-refractivity contribution is -0.0244. The zero-order chi connectivity index (χ0) is 11.2. The van der Waals surface area contributed by atoms with E-state index in [0.717, 1.165) is 18.4 Å². The third-order valence-electron chi connectivity index (χ3n) is 2.95. The average molecular weight is 216 g/mol. The Morgan fingerprint density at radius 1 is 1.31 bits per heavy atom. The van der Waals surface area contributed by atoms with Gasteiger partial charge in [-0.05, 0) is 24.5 Å². The Kier molecular flexibility index (Phi) is 3.92. The van der Waals surface area contributed by atoms with Crippen LogP contribution in [0.15, 0.2) is 24.3 Å². The Balaban J connectivity index is 1.82.